The molecule has 0 saturated carbocycles. The van der Waals surface area contributed by atoms with Gasteiger partial charge in [-0.05, 0) is 11.6 Å². The molecule has 3 rings (SSSR count). The molecule has 0 aliphatic carbocycles. The smallest absolute Gasteiger partial charge is 0.137 e. The number of halogens is 1. The van der Waals surface area contributed by atoms with Gasteiger partial charge < -0.3 is 0 Å². The summed E-state index contributed by atoms with van der Waals surface area (Å²) in [5, 5.41) is 10.2. The van der Waals surface area contributed by atoms with E-state index in [1.807, 2.05) is 54.6 Å². The third-order valence-corrected chi connectivity index (χ3v) is 5.26. The number of benzene rings is 2. The molecule has 0 saturated heterocycles. The third kappa shape index (κ3) is 3.20. The summed E-state index contributed by atoms with van der Waals surface area (Å²) < 4.78 is 0.962. The number of thioether (sulfide) groups is 1. The zero-order valence-corrected chi connectivity index (χ0v) is 12.9. The molecule has 5 heteroatoms. The predicted octanol–water partition coefficient (Wildman–Crippen LogP) is 5.15. The molecule has 0 fully saturated rings. The minimum Gasteiger partial charge on any atom is -0.137 e. The van der Waals surface area contributed by atoms with Crippen molar-refractivity contribution in [3.8, 4) is 10.6 Å². The molecule has 1 heterocycles. The molecule has 2 aromatic carbocycles. The van der Waals surface area contributed by atoms with Gasteiger partial charge in [0.2, 0.25) is 0 Å². The number of hydrogen-bond acceptors (Lipinski definition) is 4. The van der Waals surface area contributed by atoms with Crippen LogP contribution in [-0.4, -0.2) is 10.2 Å². The monoisotopic (exact) mass is 318 g/mol. The minimum absolute atomic E-state index is 0.799. The topological polar surface area (TPSA) is 25.8 Å². The highest BCUT2D eigenvalue weighted by atomic mass is 35.5. The van der Waals surface area contributed by atoms with E-state index in [1.165, 1.54) is 0 Å². The Balaban J connectivity index is 1.71. The first-order valence-corrected chi connectivity index (χ1v) is 8.26. The maximum atomic E-state index is 6.15. The molecule has 0 amide bonds. The van der Waals surface area contributed by atoms with Gasteiger partial charge in [-0.3, -0.25) is 0 Å². The second-order valence-corrected chi connectivity index (χ2v) is 6.73. The van der Waals surface area contributed by atoms with Crippen LogP contribution in [0.1, 0.15) is 5.56 Å². The first-order chi connectivity index (χ1) is 9.83. The van der Waals surface area contributed by atoms with Gasteiger partial charge in [0, 0.05) is 16.3 Å². The van der Waals surface area contributed by atoms with Crippen molar-refractivity contribution in [1.82, 2.24) is 10.2 Å². The lowest BCUT2D eigenvalue weighted by Crippen LogP contribution is -1.81. The Morgan fingerprint density at radius 2 is 1.70 bits per heavy atom. The Hall–Kier alpha value is -1.36. The van der Waals surface area contributed by atoms with Crippen molar-refractivity contribution in [2.75, 3.05) is 0 Å². The van der Waals surface area contributed by atoms with Crippen molar-refractivity contribution in [2.24, 2.45) is 0 Å². The minimum atomic E-state index is 0.799. The summed E-state index contributed by atoms with van der Waals surface area (Å²) >= 11 is 9.42. The maximum Gasteiger partial charge on any atom is 0.174 e. The fraction of sp³-hybridized carbons (Fsp3) is 0.0667. The van der Waals surface area contributed by atoms with E-state index < -0.39 is 0 Å². The average molecular weight is 319 g/mol. The third-order valence-electron chi connectivity index (χ3n) is 2.74. The van der Waals surface area contributed by atoms with E-state index in [9.17, 15) is 0 Å². The van der Waals surface area contributed by atoms with Gasteiger partial charge in [0.05, 0.1) is 0 Å². The summed E-state index contributed by atoms with van der Waals surface area (Å²) in [6.45, 7) is 0. The van der Waals surface area contributed by atoms with Gasteiger partial charge in [-0.25, -0.2) is 0 Å². The van der Waals surface area contributed by atoms with Gasteiger partial charge in [0.15, 0.2) is 4.34 Å². The van der Waals surface area contributed by atoms with Crippen LogP contribution in [0, 0.1) is 0 Å². The molecule has 0 atom stereocenters. The lowest BCUT2D eigenvalue weighted by Gasteiger charge is -2.00. The number of hydrogen-bond donors (Lipinski definition) is 0. The van der Waals surface area contributed by atoms with Crippen LogP contribution in [-0.2, 0) is 5.75 Å². The Morgan fingerprint density at radius 1 is 0.950 bits per heavy atom. The Kier molecular flexibility index (Phi) is 4.35. The molecule has 20 heavy (non-hydrogen) atoms. The number of nitrogens with zero attached hydrogens (tertiary/aromatic N) is 2. The standard InChI is InChI=1S/C15H11ClN2S2/c16-13-9-5-4-8-12(13)10-19-15-18-17-14(20-15)11-6-2-1-3-7-11/h1-9H,10H2. The molecule has 100 valence electrons. The fourth-order valence-electron chi connectivity index (χ4n) is 1.72. The second kappa shape index (κ2) is 6.39. The molecule has 0 bridgehead atoms. The first-order valence-electron chi connectivity index (χ1n) is 6.08. The zero-order valence-electron chi connectivity index (χ0n) is 10.5. The van der Waals surface area contributed by atoms with E-state index in [0.717, 1.165) is 31.2 Å². The Labute approximate surface area is 130 Å². The summed E-state index contributed by atoms with van der Waals surface area (Å²) in [7, 11) is 0. The Morgan fingerprint density at radius 3 is 2.50 bits per heavy atom. The lowest BCUT2D eigenvalue weighted by atomic mass is 10.2. The summed E-state index contributed by atoms with van der Waals surface area (Å²) in [4.78, 5) is 0. The quantitative estimate of drug-likeness (QED) is 0.622. The summed E-state index contributed by atoms with van der Waals surface area (Å²) in [6.07, 6.45) is 0. The molecule has 0 spiro atoms. The van der Waals surface area contributed by atoms with E-state index in [0.29, 0.717) is 0 Å². The van der Waals surface area contributed by atoms with Crippen molar-refractivity contribution in [2.45, 2.75) is 10.1 Å². The van der Waals surface area contributed by atoms with Crippen LogP contribution < -0.4 is 0 Å². The molecular weight excluding hydrogens is 308 g/mol. The molecule has 0 aliphatic heterocycles. The van der Waals surface area contributed by atoms with Gasteiger partial charge in [0.25, 0.3) is 0 Å². The summed E-state index contributed by atoms with van der Waals surface area (Å²) in [5.74, 6) is 0.809. The highest BCUT2D eigenvalue weighted by molar-refractivity contribution is 8.00. The van der Waals surface area contributed by atoms with Crippen molar-refractivity contribution < 1.29 is 0 Å². The molecule has 3 aromatic rings. The maximum absolute atomic E-state index is 6.15. The SMILES string of the molecule is Clc1ccccc1CSc1nnc(-c2ccccc2)s1. The first kappa shape index (κ1) is 13.6. The van der Waals surface area contributed by atoms with E-state index >= 15 is 0 Å². The van der Waals surface area contributed by atoms with E-state index in [4.69, 9.17) is 11.6 Å². The van der Waals surface area contributed by atoms with Crippen molar-refractivity contribution in [3.05, 3.63) is 65.2 Å². The van der Waals surface area contributed by atoms with Crippen LogP contribution in [0.4, 0.5) is 0 Å². The average Bonchev–Trinajstić information content (AvgIpc) is 2.96. The second-order valence-electron chi connectivity index (χ2n) is 4.12. The molecular formula is C15H11ClN2S2. The van der Waals surface area contributed by atoms with Gasteiger partial charge >= 0.3 is 0 Å². The fourth-order valence-corrected chi connectivity index (χ4v) is 3.86. The number of rotatable bonds is 4. The van der Waals surface area contributed by atoms with Gasteiger partial charge in [-0.1, -0.05) is 83.2 Å². The van der Waals surface area contributed by atoms with Crippen LogP contribution in [0.5, 0.6) is 0 Å². The van der Waals surface area contributed by atoms with E-state index in [1.54, 1.807) is 23.1 Å². The van der Waals surface area contributed by atoms with Crippen molar-refractivity contribution in [1.29, 1.82) is 0 Å². The van der Waals surface area contributed by atoms with Crippen LogP contribution >= 0.6 is 34.7 Å². The zero-order chi connectivity index (χ0) is 13.8. The van der Waals surface area contributed by atoms with Crippen LogP contribution in [0.25, 0.3) is 10.6 Å². The molecule has 0 aliphatic rings. The largest absolute Gasteiger partial charge is 0.174 e. The summed E-state index contributed by atoms with van der Waals surface area (Å²) in [6, 6.07) is 18.0. The van der Waals surface area contributed by atoms with Crippen LogP contribution in [0.2, 0.25) is 5.02 Å². The Bertz CT molecular complexity index is 698. The number of aromatic nitrogens is 2. The molecule has 0 unspecified atom stereocenters. The van der Waals surface area contributed by atoms with Gasteiger partial charge in [0.1, 0.15) is 5.01 Å². The van der Waals surface area contributed by atoms with Crippen molar-refractivity contribution in [3.63, 3.8) is 0 Å². The molecule has 0 radical (unpaired) electrons. The predicted molar refractivity (Wildman–Crippen MR) is 86.4 cm³/mol. The highest BCUT2D eigenvalue weighted by Gasteiger charge is 2.08. The van der Waals surface area contributed by atoms with E-state index in [-0.39, 0.29) is 0 Å². The lowest BCUT2D eigenvalue weighted by molar-refractivity contribution is 1.01. The highest BCUT2D eigenvalue weighted by Crippen LogP contribution is 2.32. The normalized spacial score (nSPS) is 10.7. The van der Waals surface area contributed by atoms with Crippen LogP contribution in [0.3, 0.4) is 0 Å². The van der Waals surface area contributed by atoms with Crippen molar-refractivity contribution >= 4 is 34.7 Å². The van der Waals surface area contributed by atoms with Gasteiger partial charge in [-0.2, -0.15) is 0 Å². The van der Waals surface area contributed by atoms with E-state index in [2.05, 4.69) is 10.2 Å². The molecule has 2 nitrogen and oxygen atoms in total. The molecule has 1 aromatic heterocycles. The summed E-state index contributed by atoms with van der Waals surface area (Å²) in [5.41, 5.74) is 2.23. The molecule has 0 N–H and O–H groups in total. The van der Waals surface area contributed by atoms with Crippen LogP contribution in [0.15, 0.2) is 58.9 Å². The van der Waals surface area contributed by atoms with Gasteiger partial charge in [-0.15, -0.1) is 10.2 Å².